The summed E-state index contributed by atoms with van der Waals surface area (Å²) in [6.45, 7) is 2.35. The molecule has 1 aromatic carbocycles. The standard InChI is InChI=1S/C12H12BrNO2/c1-12(9-3-2-4-10(13)7-9)15-8-11(16-12)5-6-14/h2-4,7,11H,5,8H2,1H3. The largest absolute Gasteiger partial charge is 0.343 e. The van der Waals surface area contributed by atoms with Gasteiger partial charge in [-0.3, -0.25) is 0 Å². The summed E-state index contributed by atoms with van der Waals surface area (Å²) >= 11 is 3.42. The first-order valence-electron chi connectivity index (χ1n) is 5.09. The van der Waals surface area contributed by atoms with Crippen LogP contribution < -0.4 is 0 Å². The van der Waals surface area contributed by atoms with Crippen molar-refractivity contribution >= 4 is 15.9 Å². The molecule has 0 radical (unpaired) electrons. The van der Waals surface area contributed by atoms with Crippen molar-refractivity contribution in [3.63, 3.8) is 0 Å². The zero-order valence-electron chi connectivity index (χ0n) is 8.94. The quantitative estimate of drug-likeness (QED) is 0.837. The number of halogens is 1. The Kier molecular flexibility index (Phi) is 3.29. The van der Waals surface area contributed by atoms with Crippen LogP contribution in [-0.2, 0) is 15.3 Å². The fraction of sp³-hybridized carbons (Fsp3) is 0.417. The molecule has 0 aliphatic carbocycles. The Bertz CT molecular complexity index is 429. The smallest absolute Gasteiger partial charge is 0.192 e. The van der Waals surface area contributed by atoms with Gasteiger partial charge in [0.15, 0.2) is 5.79 Å². The fourth-order valence-corrected chi connectivity index (χ4v) is 2.16. The van der Waals surface area contributed by atoms with Gasteiger partial charge in [0.1, 0.15) is 0 Å². The highest BCUT2D eigenvalue weighted by Crippen LogP contribution is 2.35. The number of ether oxygens (including phenoxy) is 2. The third-order valence-corrected chi connectivity index (χ3v) is 3.10. The van der Waals surface area contributed by atoms with E-state index in [-0.39, 0.29) is 6.10 Å². The summed E-state index contributed by atoms with van der Waals surface area (Å²) in [5.74, 6) is -0.731. The van der Waals surface area contributed by atoms with E-state index < -0.39 is 5.79 Å². The summed E-state index contributed by atoms with van der Waals surface area (Å²) in [7, 11) is 0. The lowest BCUT2D eigenvalue weighted by molar-refractivity contribution is -0.161. The minimum atomic E-state index is -0.731. The molecule has 1 aromatic rings. The number of benzene rings is 1. The van der Waals surface area contributed by atoms with Gasteiger partial charge in [-0.05, 0) is 19.1 Å². The van der Waals surface area contributed by atoms with Crippen LogP contribution >= 0.6 is 15.9 Å². The summed E-state index contributed by atoms with van der Waals surface area (Å²) in [5.41, 5.74) is 0.960. The molecule has 2 rings (SSSR count). The normalized spacial score (nSPS) is 28.9. The van der Waals surface area contributed by atoms with Crippen molar-refractivity contribution in [1.82, 2.24) is 0 Å². The molecule has 0 spiro atoms. The lowest BCUT2D eigenvalue weighted by atomic mass is 10.1. The van der Waals surface area contributed by atoms with E-state index >= 15 is 0 Å². The van der Waals surface area contributed by atoms with Crippen molar-refractivity contribution in [2.75, 3.05) is 6.61 Å². The molecule has 2 unspecified atom stereocenters. The van der Waals surface area contributed by atoms with Crippen molar-refractivity contribution in [2.24, 2.45) is 0 Å². The number of hydrogen-bond donors (Lipinski definition) is 0. The molecule has 1 saturated heterocycles. The maximum absolute atomic E-state index is 8.62. The summed E-state index contributed by atoms with van der Waals surface area (Å²) in [5, 5.41) is 8.62. The fourth-order valence-electron chi connectivity index (χ4n) is 1.76. The Morgan fingerprint density at radius 1 is 1.62 bits per heavy atom. The molecule has 1 aliphatic heterocycles. The van der Waals surface area contributed by atoms with Gasteiger partial charge in [0.25, 0.3) is 0 Å². The maximum atomic E-state index is 8.62. The number of hydrogen-bond acceptors (Lipinski definition) is 3. The van der Waals surface area contributed by atoms with Crippen molar-refractivity contribution in [2.45, 2.75) is 25.2 Å². The Morgan fingerprint density at radius 3 is 3.12 bits per heavy atom. The van der Waals surface area contributed by atoms with Gasteiger partial charge in [-0.2, -0.15) is 5.26 Å². The molecular weight excluding hydrogens is 270 g/mol. The zero-order valence-corrected chi connectivity index (χ0v) is 10.5. The Labute approximate surface area is 103 Å². The SMILES string of the molecule is CC1(c2cccc(Br)c2)OCC(CC#N)O1. The number of nitriles is 1. The maximum Gasteiger partial charge on any atom is 0.192 e. The molecule has 2 atom stereocenters. The van der Waals surface area contributed by atoms with E-state index in [9.17, 15) is 0 Å². The van der Waals surface area contributed by atoms with Crippen molar-refractivity contribution in [3.8, 4) is 6.07 Å². The molecule has 1 fully saturated rings. The van der Waals surface area contributed by atoms with E-state index in [1.807, 2.05) is 31.2 Å². The molecule has 0 saturated carbocycles. The highest BCUT2D eigenvalue weighted by atomic mass is 79.9. The summed E-state index contributed by atoms with van der Waals surface area (Å²) in [6, 6.07) is 9.91. The molecule has 0 bridgehead atoms. The van der Waals surface area contributed by atoms with E-state index in [4.69, 9.17) is 14.7 Å². The van der Waals surface area contributed by atoms with Gasteiger partial charge in [-0.1, -0.05) is 28.1 Å². The van der Waals surface area contributed by atoms with Crippen LogP contribution in [0.2, 0.25) is 0 Å². The first-order valence-corrected chi connectivity index (χ1v) is 5.88. The lowest BCUT2D eigenvalue weighted by Gasteiger charge is -2.23. The van der Waals surface area contributed by atoms with Crippen LogP contribution in [0.4, 0.5) is 0 Å². The van der Waals surface area contributed by atoms with Crippen LogP contribution in [0, 0.1) is 11.3 Å². The summed E-state index contributed by atoms with van der Waals surface area (Å²) in [4.78, 5) is 0. The van der Waals surface area contributed by atoms with Crippen LogP contribution in [0.1, 0.15) is 18.9 Å². The molecule has 4 heteroatoms. The third-order valence-electron chi connectivity index (χ3n) is 2.60. The second kappa shape index (κ2) is 4.54. The van der Waals surface area contributed by atoms with Gasteiger partial charge in [0.05, 0.1) is 25.2 Å². The van der Waals surface area contributed by atoms with E-state index in [1.54, 1.807) is 0 Å². The molecule has 16 heavy (non-hydrogen) atoms. The van der Waals surface area contributed by atoms with E-state index in [0.717, 1.165) is 10.0 Å². The first kappa shape index (κ1) is 11.6. The molecule has 0 N–H and O–H groups in total. The molecule has 0 amide bonds. The number of rotatable bonds is 2. The van der Waals surface area contributed by atoms with Gasteiger partial charge >= 0.3 is 0 Å². The summed E-state index contributed by atoms with van der Waals surface area (Å²) in [6.07, 6.45) is 0.234. The van der Waals surface area contributed by atoms with Crippen molar-refractivity contribution in [1.29, 1.82) is 5.26 Å². The summed E-state index contributed by atoms with van der Waals surface area (Å²) < 4.78 is 12.4. The second-order valence-corrected chi connectivity index (χ2v) is 4.78. The van der Waals surface area contributed by atoms with E-state index in [1.165, 1.54) is 0 Å². The Morgan fingerprint density at radius 2 is 2.44 bits per heavy atom. The average Bonchev–Trinajstić information content (AvgIpc) is 2.62. The molecule has 3 nitrogen and oxygen atoms in total. The van der Waals surface area contributed by atoms with E-state index in [2.05, 4.69) is 22.0 Å². The third kappa shape index (κ3) is 2.27. The van der Waals surface area contributed by atoms with Gasteiger partial charge < -0.3 is 9.47 Å². The van der Waals surface area contributed by atoms with E-state index in [0.29, 0.717) is 13.0 Å². The van der Waals surface area contributed by atoms with Crippen LogP contribution in [0.3, 0.4) is 0 Å². The highest BCUT2D eigenvalue weighted by molar-refractivity contribution is 9.10. The van der Waals surface area contributed by atoms with Crippen molar-refractivity contribution in [3.05, 3.63) is 34.3 Å². The lowest BCUT2D eigenvalue weighted by Crippen LogP contribution is -2.23. The van der Waals surface area contributed by atoms with Gasteiger partial charge in [-0.15, -0.1) is 0 Å². The van der Waals surface area contributed by atoms with Crippen LogP contribution in [0.15, 0.2) is 28.7 Å². The van der Waals surface area contributed by atoms with Crippen LogP contribution in [0.25, 0.3) is 0 Å². The Balaban J connectivity index is 2.19. The molecule has 0 aromatic heterocycles. The van der Waals surface area contributed by atoms with Gasteiger partial charge in [0, 0.05) is 10.0 Å². The minimum absolute atomic E-state index is 0.131. The first-order chi connectivity index (χ1) is 7.64. The topological polar surface area (TPSA) is 42.2 Å². The predicted molar refractivity (Wildman–Crippen MR) is 62.5 cm³/mol. The molecule has 84 valence electrons. The average molecular weight is 282 g/mol. The molecule has 1 aliphatic rings. The predicted octanol–water partition coefficient (Wildman–Crippen LogP) is 2.95. The second-order valence-electron chi connectivity index (χ2n) is 3.87. The highest BCUT2D eigenvalue weighted by Gasteiger charge is 2.38. The van der Waals surface area contributed by atoms with Gasteiger partial charge in [0.2, 0.25) is 0 Å². The molecular formula is C12H12BrNO2. The zero-order chi connectivity index (χ0) is 11.6. The molecule has 1 heterocycles. The monoisotopic (exact) mass is 281 g/mol. The number of nitrogens with zero attached hydrogens (tertiary/aromatic N) is 1. The van der Waals surface area contributed by atoms with Crippen LogP contribution in [-0.4, -0.2) is 12.7 Å². The van der Waals surface area contributed by atoms with Crippen LogP contribution in [0.5, 0.6) is 0 Å². The minimum Gasteiger partial charge on any atom is -0.343 e. The van der Waals surface area contributed by atoms with Gasteiger partial charge in [-0.25, -0.2) is 0 Å². The van der Waals surface area contributed by atoms with Crippen molar-refractivity contribution < 1.29 is 9.47 Å². The Hall–Kier alpha value is -0.890.